The number of aliphatic hydroxyl groups is 1. The van der Waals surface area contributed by atoms with Gasteiger partial charge in [-0.3, -0.25) is 0 Å². The summed E-state index contributed by atoms with van der Waals surface area (Å²) in [5, 5.41) is 23.1. The van der Waals surface area contributed by atoms with Crippen LogP contribution in [0.25, 0.3) is 10.4 Å². The molecule has 1 aliphatic heterocycles. The minimum atomic E-state index is -1.69. The molecule has 4 rings (SSSR count). The van der Waals surface area contributed by atoms with Gasteiger partial charge >= 0.3 is 5.97 Å². The molecule has 3 aromatic carbocycles. The van der Waals surface area contributed by atoms with Gasteiger partial charge in [0.1, 0.15) is 5.75 Å². The van der Waals surface area contributed by atoms with E-state index in [1.165, 1.54) is 0 Å². The number of hydrogen-bond donors (Lipinski definition) is 2. The maximum Gasteiger partial charge on any atom is 0.336 e. The number of carbonyl (C=O) groups is 1. The SMILES string of the molecule is [N-]=[N+]=Nc1ccccc1[C@@H]1OC(c2ccc(OCCCO)cc2)=N[C@]1(Cc1ccccc1)C(=O)O. The fourth-order valence-electron chi connectivity index (χ4n) is 4.00. The molecule has 2 N–H and O–H groups in total. The zero-order valence-electron chi connectivity index (χ0n) is 18.8. The fourth-order valence-corrected chi connectivity index (χ4v) is 4.00. The molecule has 0 fully saturated rings. The number of ether oxygens (including phenoxy) is 2. The molecule has 0 saturated carbocycles. The van der Waals surface area contributed by atoms with Crippen molar-refractivity contribution in [3.63, 3.8) is 0 Å². The number of benzene rings is 3. The van der Waals surface area contributed by atoms with Crippen LogP contribution in [0.4, 0.5) is 5.69 Å². The Morgan fingerprint density at radius 1 is 1.09 bits per heavy atom. The molecule has 2 atom stereocenters. The van der Waals surface area contributed by atoms with Crippen molar-refractivity contribution in [1.29, 1.82) is 0 Å². The third-order valence-electron chi connectivity index (χ3n) is 5.70. The number of hydrogen-bond acceptors (Lipinski definition) is 6. The van der Waals surface area contributed by atoms with Gasteiger partial charge in [-0.05, 0) is 35.4 Å². The number of aliphatic hydroxyl groups excluding tert-OH is 1. The van der Waals surface area contributed by atoms with Crippen LogP contribution in [0.15, 0.2) is 89.0 Å². The van der Waals surface area contributed by atoms with Gasteiger partial charge in [0.15, 0.2) is 6.10 Å². The third kappa shape index (κ3) is 5.11. The van der Waals surface area contributed by atoms with E-state index in [1.807, 2.05) is 30.3 Å². The summed E-state index contributed by atoms with van der Waals surface area (Å²) in [7, 11) is 0. The van der Waals surface area contributed by atoms with Crippen LogP contribution in [0.1, 0.15) is 29.2 Å². The number of aliphatic carboxylic acids is 1. The van der Waals surface area contributed by atoms with Crippen molar-refractivity contribution >= 4 is 17.6 Å². The number of aliphatic imine (C=N–C) groups is 1. The lowest BCUT2D eigenvalue weighted by atomic mass is 9.82. The highest BCUT2D eigenvalue weighted by Gasteiger charge is 2.54. The highest BCUT2D eigenvalue weighted by atomic mass is 16.5. The molecule has 35 heavy (non-hydrogen) atoms. The maximum absolute atomic E-state index is 12.8. The van der Waals surface area contributed by atoms with Gasteiger partial charge in [0, 0.05) is 41.2 Å². The normalized spacial score (nSPS) is 18.8. The summed E-state index contributed by atoms with van der Waals surface area (Å²) in [6.45, 7) is 0.422. The van der Waals surface area contributed by atoms with E-state index < -0.39 is 17.6 Å². The summed E-state index contributed by atoms with van der Waals surface area (Å²) in [5.41, 5.74) is 9.44. The molecular weight excluding hydrogens is 448 g/mol. The predicted octanol–water partition coefficient (Wildman–Crippen LogP) is 4.97. The third-order valence-corrected chi connectivity index (χ3v) is 5.70. The van der Waals surface area contributed by atoms with Crippen LogP contribution in [0, 0.1) is 0 Å². The first-order valence-electron chi connectivity index (χ1n) is 11.1. The van der Waals surface area contributed by atoms with Crippen molar-refractivity contribution in [2.45, 2.75) is 24.5 Å². The van der Waals surface area contributed by atoms with Gasteiger partial charge in [-0.15, -0.1) is 0 Å². The van der Waals surface area contributed by atoms with Crippen molar-refractivity contribution in [3.05, 3.63) is 106 Å². The minimum Gasteiger partial charge on any atom is -0.494 e. The second-order valence-corrected chi connectivity index (χ2v) is 8.00. The van der Waals surface area contributed by atoms with Gasteiger partial charge in [-0.25, -0.2) is 9.79 Å². The van der Waals surface area contributed by atoms with Gasteiger partial charge in [0.05, 0.1) is 6.61 Å². The smallest absolute Gasteiger partial charge is 0.336 e. The molecule has 178 valence electrons. The highest BCUT2D eigenvalue weighted by molar-refractivity contribution is 5.99. The molecule has 1 aliphatic rings. The van der Waals surface area contributed by atoms with E-state index in [9.17, 15) is 9.90 Å². The Kier molecular flexibility index (Phi) is 7.30. The summed E-state index contributed by atoms with van der Waals surface area (Å²) in [6.07, 6.45) is -0.438. The molecule has 9 heteroatoms. The van der Waals surface area contributed by atoms with Crippen molar-refractivity contribution in [1.82, 2.24) is 0 Å². The number of carboxylic acid groups (broad SMARTS) is 1. The van der Waals surface area contributed by atoms with E-state index in [1.54, 1.807) is 48.5 Å². The summed E-state index contributed by atoms with van der Waals surface area (Å²) < 4.78 is 11.8. The highest BCUT2D eigenvalue weighted by Crippen LogP contribution is 2.45. The number of carboxylic acids is 1. The molecule has 0 spiro atoms. The van der Waals surface area contributed by atoms with Crippen LogP contribution in [0.5, 0.6) is 5.75 Å². The molecule has 1 heterocycles. The second-order valence-electron chi connectivity index (χ2n) is 8.00. The van der Waals surface area contributed by atoms with E-state index >= 15 is 0 Å². The quantitative estimate of drug-likeness (QED) is 0.186. The first-order chi connectivity index (χ1) is 17.1. The summed E-state index contributed by atoms with van der Waals surface area (Å²) in [4.78, 5) is 20.3. The van der Waals surface area contributed by atoms with Gasteiger partial charge in [-0.2, -0.15) is 0 Å². The lowest BCUT2D eigenvalue weighted by Gasteiger charge is -2.28. The van der Waals surface area contributed by atoms with Gasteiger partial charge in [0.25, 0.3) is 0 Å². The van der Waals surface area contributed by atoms with Gasteiger partial charge < -0.3 is 19.7 Å². The number of nitrogens with zero attached hydrogens (tertiary/aromatic N) is 4. The lowest BCUT2D eigenvalue weighted by Crippen LogP contribution is -2.43. The Balaban J connectivity index is 1.77. The largest absolute Gasteiger partial charge is 0.494 e. The molecule has 0 amide bonds. The molecule has 0 radical (unpaired) electrons. The van der Waals surface area contributed by atoms with Crippen LogP contribution in [0.3, 0.4) is 0 Å². The molecule has 0 bridgehead atoms. The Morgan fingerprint density at radius 3 is 2.49 bits per heavy atom. The maximum atomic E-state index is 12.8. The van der Waals surface area contributed by atoms with Crippen LogP contribution in [-0.2, 0) is 16.0 Å². The van der Waals surface area contributed by atoms with Gasteiger partial charge in [0.2, 0.25) is 11.4 Å². The Labute approximate surface area is 201 Å². The Morgan fingerprint density at radius 2 is 1.80 bits per heavy atom. The molecular formula is C26H24N4O5. The van der Waals surface area contributed by atoms with Crippen LogP contribution >= 0.6 is 0 Å². The van der Waals surface area contributed by atoms with Crippen LogP contribution < -0.4 is 4.74 Å². The van der Waals surface area contributed by atoms with Gasteiger partial charge in [-0.1, -0.05) is 59.7 Å². The molecule has 9 nitrogen and oxygen atoms in total. The predicted molar refractivity (Wildman–Crippen MR) is 130 cm³/mol. The minimum absolute atomic E-state index is 0.0418. The summed E-state index contributed by atoms with van der Waals surface area (Å²) in [5.74, 6) is -0.369. The molecule has 0 saturated heterocycles. The molecule has 0 unspecified atom stereocenters. The standard InChI is InChI=1S/C26H24N4O5/c27-30-29-22-10-5-4-9-21(22)23-26(25(32)33,17-18-7-2-1-3-8-18)28-24(35-23)19-11-13-20(14-12-19)34-16-6-15-31/h1-5,7-14,23,31H,6,15-17H2,(H,32,33)/t23-,26-/m0/s1. The van der Waals surface area contributed by atoms with Crippen LogP contribution in [-0.4, -0.2) is 40.8 Å². The van der Waals surface area contributed by atoms with Crippen molar-refractivity contribution in [2.24, 2.45) is 10.1 Å². The van der Waals surface area contributed by atoms with E-state index in [2.05, 4.69) is 15.0 Å². The molecule has 0 aliphatic carbocycles. The van der Waals surface area contributed by atoms with E-state index in [4.69, 9.17) is 20.1 Å². The van der Waals surface area contributed by atoms with Crippen molar-refractivity contribution in [2.75, 3.05) is 13.2 Å². The molecule has 0 aromatic heterocycles. The number of azide groups is 1. The second kappa shape index (κ2) is 10.7. The monoisotopic (exact) mass is 472 g/mol. The average Bonchev–Trinajstić information content (AvgIpc) is 3.26. The van der Waals surface area contributed by atoms with E-state index in [0.29, 0.717) is 29.9 Å². The summed E-state index contributed by atoms with van der Waals surface area (Å²) in [6, 6.07) is 22.9. The molecule has 3 aromatic rings. The number of rotatable bonds is 10. The Bertz CT molecular complexity index is 1260. The first-order valence-corrected chi connectivity index (χ1v) is 11.1. The lowest BCUT2D eigenvalue weighted by molar-refractivity contribution is -0.146. The fraction of sp³-hybridized carbons (Fsp3) is 0.231. The average molecular weight is 473 g/mol. The van der Waals surface area contributed by atoms with Crippen molar-refractivity contribution < 1.29 is 24.5 Å². The summed E-state index contributed by atoms with van der Waals surface area (Å²) >= 11 is 0. The Hall–Kier alpha value is -4.33. The topological polar surface area (TPSA) is 137 Å². The zero-order valence-corrected chi connectivity index (χ0v) is 18.8. The van der Waals surface area contributed by atoms with Crippen molar-refractivity contribution in [3.8, 4) is 5.75 Å². The van der Waals surface area contributed by atoms with E-state index in [-0.39, 0.29) is 24.6 Å². The van der Waals surface area contributed by atoms with E-state index in [0.717, 1.165) is 5.56 Å². The first kappa shape index (κ1) is 23.8. The van der Waals surface area contributed by atoms with Crippen LogP contribution in [0.2, 0.25) is 0 Å². The zero-order chi connectivity index (χ0) is 24.7.